The average molecular weight is 380 g/mol. The van der Waals surface area contributed by atoms with Crippen LogP contribution >= 0.6 is 0 Å². The number of fused-ring (bicyclic) bond motifs is 1. The van der Waals surface area contributed by atoms with Crippen molar-refractivity contribution in [2.24, 2.45) is 11.3 Å². The molecule has 4 nitrogen and oxygen atoms in total. The fraction of sp³-hybridized carbons (Fsp3) is 0.500. The quantitative estimate of drug-likeness (QED) is 0.527. The Hall–Kier alpha value is -2.36. The molecule has 1 aromatic heterocycles. The smallest absolute Gasteiger partial charge is 0.143 e. The van der Waals surface area contributed by atoms with Gasteiger partial charge in [-0.05, 0) is 46.6 Å². The third kappa shape index (κ3) is 3.52. The van der Waals surface area contributed by atoms with Crippen LogP contribution < -0.4 is 0 Å². The Morgan fingerprint density at radius 3 is 2.18 bits per heavy atom. The van der Waals surface area contributed by atoms with Gasteiger partial charge in [-0.1, -0.05) is 79.0 Å². The van der Waals surface area contributed by atoms with Gasteiger partial charge in [-0.25, -0.2) is 0 Å². The zero-order valence-electron chi connectivity index (χ0n) is 18.0. The minimum absolute atomic E-state index is 0.0742. The van der Waals surface area contributed by atoms with Gasteiger partial charge in [-0.3, -0.25) is 0 Å². The van der Waals surface area contributed by atoms with Gasteiger partial charge >= 0.3 is 0 Å². The minimum atomic E-state index is -0.0742. The van der Waals surface area contributed by atoms with Crippen LogP contribution in [0.1, 0.15) is 66.4 Å². The number of aromatic nitrogens is 3. The van der Waals surface area contributed by atoms with E-state index in [0.717, 1.165) is 11.0 Å². The number of unbranched alkanes of at least 4 members (excludes halogenated alkanes) is 1. The number of aromatic hydroxyl groups is 1. The van der Waals surface area contributed by atoms with Crippen molar-refractivity contribution in [3.8, 4) is 11.4 Å². The average Bonchev–Trinajstić information content (AvgIpc) is 3.09. The van der Waals surface area contributed by atoms with Gasteiger partial charge in [0.2, 0.25) is 0 Å². The first-order valence-electron chi connectivity index (χ1n) is 10.3. The fourth-order valence-electron chi connectivity index (χ4n) is 3.90. The number of benzene rings is 2. The van der Waals surface area contributed by atoms with Crippen molar-refractivity contribution in [1.82, 2.24) is 15.0 Å². The monoisotopic (exact) mass is 379 g/mol. The molecule has 1 N–H and O–H groups in total. The van der Waals surface area contributed by atoms with Crippen LogP contribution in [0.3, 0.4) is 0 Å². The Morgan fingerprint density at radius 2 is 1.61 bits per heavy atom. The van der Waals surface area contributed by atoms with Gasteiger partial charge in [-0.2, -0.15) is 0 Å². The molecule has 0 spiro atoms. The lowest BCUT2D eigenvalue weighted by molar-refractivity contribution is 0.106. The number of phenols is 1. The molecule has 0 aliphatic heterocycles. The van der Waals surface area contributed by atoms with Crippen molar-refractivity contribution in [3.05, 3.63) is 48.0 Å². The number of nitrogens with zero attached hydrogens (tertiary/aromatic N) is 3. The highest BCUT2D eigenvalue weighted by Crippen LogP contribution is 2.48. The first-order chi connectivity index (χ1) is 13.2. The Balaban J connectivity index is 2.02. The van der Waals surface area contributed by atoms with Crippen LogP contribution in [0.25, 0.3) is 16.7 Å². The molecular formula is C24H33N3O. The second-order valence-corrected chi connectivity index (χ2v) is 9.07. The first-order valence-corrected chi connectivity index (χ1v) is 10.3. The molecule has 3 rings (SSSR count). The van der Waals surface area contributed by atoms with Crippen LogP contribution in [0.2, 0.25) is 0 Å². The second kappa shape index (κ2) is 7.57. The van der Waals surface area contributed by atoms with Crippen molar-refractivity contribution in [2.75, 3.05) is 0 Å². The number of hydrogen-bond donors (Lipinski definition) is 1. The molecule has 0 saturated heterocycles. The minimum Gasteiger partial charge on any atom is -0.506 e. The van der Waals surface area contributed by atoms with Crippen LogP contribution in [0.15, 0.2) is 42.5 Å². The zero-order valence-corrected chi connectivity index (χ0v) is 18.0. The number of hydrogen-bond acceptors (Lipinski definition) is 3. The summed E-state index contributed by atoms with van der Waals surface area (Å²) in [5.41, 5.74) is 3.47. The molecule has 0 saturated carbocycles. The highest BCUT2D eigenvalue weighted by atomic mass is 16.3. The molecule has 28 heavy (non-hydrogen) atoms. The maximum atomic E-state index is 10.5. The Kier molecular flexibility index (Phi) is 5.51. The molecule has 0 radical (unpaired) electrons. The van der Waals surface area contributed by atoms with E-state index in [0.29, 0.717) is 11.6 Å². The molecule has 0 aliphatic carbocycles. The van der Waals surface area contributed by atoms with Gasteiger partial charge in [0.15, 0.2) is 0 Å². The second-order valence-electron chi connectivity index (χ2n) is 9.07. The van der Waals surface area contributed by atoms with Gasteiger partial charge in [0.25, 0.3) is 0 Å². The number of rotatable bonds is 7. The van der Waals surface area contributed by atoms with Crippen LogP contribution in [-0.2, 0) is 5.41 Å². The molecule has 0 aliphatic rings. The largest absolute Gasteiger partial charge is 0.506 e. The molecule has 0 bridgehead atoms. The normalized spacial score (nSPS) is 13.8. The molecule has 2 aromatic carbocycles. The molecule has 3 aromatic rings. The van der Waals surface area contributed by atoms with E-state index >= 15 is 0 Å². The summed E-state index contributed by atoms with van der Waals surface area (Å²) in [4.78, 5) is 1.55. The highest BCUT2D eigenvalue weighted by molar-refractivity contribution is 5.73. The maximum Gasteiger partial charge on any atom is 0.143 e. The predicted octanol–water partition coefficient (Wildman–Crippen LogP) is 6.26. The summed E-state index contributed by atoms with van der Waals surface area (Å²) in [6, 6.07) is 13.6. The van der Waals surface area contributed by atoms with Gasteiger partial charge in [0.1, 0.15) is 22.5 Å². The SMILES string of the molecule is CCCCC(C)C(C)(C)C(C)(C)c1ccc(O)c(-n2nc3ccccc3n2)c1. The van der Waals surface area contributed by atoms with E-state index in [-0.39, 0.29) is 16.6 Å². The zero-order chi connectivity index (χ0) is 20.5. The van der Waals surface area contributed by atoms with E-state index in [4.69, 9.17) is 0 Å². The van der Waals surface area contributed by atoms with E-state index in [2.05, 4.69) is 51.7 Å². The van der Waals surface area contributed by atoms with Crippen molar-refractivity contribution < 1.29 is 5.11 Å². The molecule has 1 unspecified atom stereocenters. The van der Waals surface area contributed by atoms with E-state index in [1.165, 1.54) is 24.8 Å². The van der Waals surface area contributed by atoms with Crippen LogP contribution in [-0.4, -0.2) is 20.1 Å². The fourth-order valence-corrected chi connectivity index (χ4v) is 3.90. The van der Waals surface area contributed by atoms with Gasteiger partial charge < -0.3 is 5.11 Å². The van der Waals surface area contributed by atoms with Crippen LogP contribution in [0.4, 0.5) is 0 Å². The summed E-state index contributed by atoms with van der Waals surface area (Å²) in [6.07, 6.45) is 3.71. The predicted molar refractivity (Wildman–Crippen MR) is 116 cm³/mol. The summed E-state index contributed by atoms with van der Waals surface area (Å²) in [5, 5.41) is 19.6. The van der Waals surface area contributed by atoms with E-state index < -0.39 is 0 Å². The molecule has 1 heterocycles. The highest BCUT2D eigenvalue weighted by Gasteiger charge is 2.42. The summed E-state index contributed by atoms with van der Waals surface area (Å²) in [6.45, 7) is 13.9. The Morgan fingerprint density at radius 1 is 1.00 bits per heavy atom. The summed E-state index contributed by atoms with van der Waals surface area (Å²) >= 11 is 0. The van der Waals surface area contributed by atoms with Gasteiger partial charge in [-0.15, -0.1) is 15.0 Å². The lowest BCUT2D eigenvalue weighted by atomic mass is 9.58. The maximum absolute atomic E-state index is 10.5. The van der Waals surface area contributed by atoms with E-state index in [1.807, 2.05) is 36.4 Å². The van der Waals surface area contributed by atoms with Crippen molar-refractivity contribution in [2.45, 2.75) is 66.2 Å². The van der Waals surface area contributed by atoms with Gasteiger partial charge in [0, 0.05) is 0 Å². The summed E-state index contributed by atoms with van der Waals surface area (Å²) < 4.78 is 0. The molecular weight excluding hydrogens is 346 g/mol. The molecule has 150 valence electrons. The van der Waals surface area contributed by atoms with Gasteiger partial charge in [0.05, 0.1) is 0 Å². The Labute approximate surface area is 168 Å². The van der Waals surface area contributed by atoms with E-state index in [1.54, 1.807) is 10.9 Å². The number of phenolic OH excluding ortho intramolecular Hbond substituents is 1. The summed E-state index contributed by atoms with van der Waals surface area (Å²) in [7, 11) is 0. The Bertz CT molecular complexity index is 922. The molecule has 0 fully saturated rings. The molecule has 4 heteroatoms. The van der Waals surface area contributed by atoms with Crippen LogP contribution in [0.5, 0.6) is 5.75 Å². The topological polar surface area (TPSA) is 50.9 Å². The van der Waals surface area contributed by atoms with Crippen molar-refractivity contribution in [1.29, 1.82) is 0 Å². The molecule has 0 amide bonds. The third-order valence-corrected chi connectivity index (χ3v) is 7.03. The van der Waals surface area contributed by atoms with E-state index in [9.17, 15) is 5.11 Å². The van der Waals surface area contributed by atoms with Crippen molar-refractivity contribution in [3.63, 3.8) is 0 Å². The lowest BCUT2D eigenvalue weighted by Crippen LogP contribution is -2.41. The third-order valence-electron chi connectivity index (χ3n) is 7.03. The van der Waals surface area contributed by atoms with Crippen LogP contribution in [0, 0.1) is 11.3 Å². The first kappa shape index (κ1) is 20.4. The van der Waals surface area contributed by atoms with Crippen molar-refractivity contribution >= 4 is 11.0 Å². The lowest BCUT2D eigenvalue weighted by Gasteiger charge is -2.47. The summed E-state index contributed by atoms with van der Waals surface area (Å²) in [5.74, 6) is 0.779. The molecule has 1 atom stereocenters. The standard InChI is InChI=1S/C24H33N3O/c1-7-8-11-17(2)23(3,4)24(5,6)18-14-15-22(28)21(16-18)27-25-19-12-9-10-13-20(19)26-27/h9-10,12-17,28H,7-8,11H2,1-6H3.